The predicted octanol–water partition coefficient (Wildman–Crippen LogP) is 2.61. The van der Waals surface area contributed by atoms with Crippen LogP contribution < -0.4 is 5.32 Å². The van der Waals surface area contributed by atoms with E-state index < -0.39 is 0 Å². The summed E-state index contributed by atoms with van der Waals surface area (Å²) in [6.07, 6.45) is 5.48. The highest BCUT2D eigenvalue weighted by Crippen LogP contribution is 2.15. The van der Waals surface area contributed by atoms with Crippen molar-refractivity contribution < 1.29 is 0 Å². The molecule has 0 bridgehead atoms. The van der Waals surface area contributed by atoms with E-state index in [9.17, 15) is 0 Å². The molecule has 1 N–H and O–H groups in total. The average molecular weight is 231 g/mol. The molecule has 0 fully saturated rings. The fraction of sp³-hybridized carbons (Fsp3) is 0.417. The van der Waals surface area contributed by atoms with Gasteiger partial charge in [-0.2, -0.15) is 5.10 Å². The number of hydrogen-bond donors (Lipinski definition) is 1. The summed E-state index contributed by atoms with van der Waals surface area (Å²) in [4.78, 5) is 8.68. The van der Waals surface area contributed by atoms with Gasteiger partial charge in [-0.1, -0.05) is 0 Å². The molecular formula is C12H17N5. The quantitative estimate of drug-likeness (QED) is 0.882. The Kier molecular flexibility index (Phi) is 3.08. The van der Waals surface area contributed by atoms with E-state index in [1.54, 1.807) is 12.4 Å². The van der Waals surface area contributed by atoms with Crippen molar-refractivity contribution in [2.45, 2.75) is 33.7 Å². The number of nitrogens with one attached hydrogen (secondary N) is 1. The van der Waals surface area contributed by atoms with Gasteiger partial charge in [-0.3, -0.25) is 9.67 Å². The van der Waals surface area contributed by atoms with Crippen LogP contribution in [-0.4, -0.2) is 19.7 Å². The van der Waals surface area contributed by atoms with Crippen LogP contribution in [0.15, 0.2) is 18.6 Å². The van der Waals surface area contributed by atoms with Crippen LogP contribution in [0.25, 0.3) is 0 Å². The fourth-order valence-corrected chi connectivity index (χ4v) is 1.43. The molecular weight excluding hydrogens is 214 g/mol. The largest absolute Gasteiger partial charge is 0.336 e. The van der Waals surface area contributed by atoms with Crippen molar-refractivity contribution in [2.75, 3.05) is 5.32 Å². The summed E-state index contributed by atoms with van der Waals surface area (Å²) >= 11 is 0. The molecule has 0 radical (unpaired) electrons. The zero-order chi connectivity index (χ0) is 12.4. The second-order valence-electron chi connectivity index (χ2n) is 4.35. The SMILES string of the molecule is Cc1ncc(Nc2cnn(C(C)C)c2)nc1C. The molecule has 90 valence electrons. The first kappa shape index (κ1) is 11.6. The molecule has 17 heavy (non-hydrogen) atoms. The molecule has 0 aliphatic heterocycles. The minimum absolute atomic E-state index is 0.358. The monoisotopic (exact) mass is 231 g/mol. The second-order valence-corrected chi connectivity index (χ2v) is 4.35. The van der Waals surface area contributed by atoms with Crippen molar-refractivity contribution in [3.63, 3.8) is 0 Å². The minimum Gasteiger partial charge on any atom is -0.336 e. The molecule has 2 rings (SSSR count). The van der Waals surface area contributed by atoms with Crippen molar-refractivity contribution in [1.29, 1.82) is 0 Å². The van der Waals surface area contributed by atoms with E-state index in [2.05, 4.69) is 34.2 Å². The van der Waals surface area contributed by atoms with Crippen LogP contribution in [-0.2, 0) is 0 Å². The molecule has 0 atom stereocenters. The lowest BCUT2D eigenvalue weighted by Gasteiger charge is -2.05. The molecule has 2 aromatic heterocycles. The highest BCUT2D eigenvalue weighted by Gasteiger charge is 2.04. The molecule has 0 aliphatic carbocycles. The van der Waals surface area contributed by atoms with Crippen LogP contribution in [0.3, 0.4) is 0 Å². The van der Waals surface area contributed by atoms with Crippen LogP contribution in [0.1, 0.15) is 31.3 Å². The number of aromatic nitrogens is 4. The van der Waals surface area contributed by atoms with Gasteiger partial charge in [0.05, 0.1) is 29.5 Å². The molecule has 5 nitrogen and oxygen atoms in total. The van der Waals surface area contributed by atoms with E-state index >= 15 is 0 Å². The molecule has 2 heterocycles. The highest BCUT2D eigenvalue weighted by atomic mass is 15.3. The number of anilines is 2. The first-order valence-electron chi connectivity index (χ1n) is 5.67. The Labute approximate surface area is 101 Å². The predicted molar refractivity (Wildman–Crippen MR) is 67.4 cm³/mol. The zero-order valence-electron chi connectivity index (χ0n) is 10.6. The van der Waals surface area contributed by atoms with Crippen molar-refractivity contribution in [3.8, 4) is 0 Å². The molecule has 2 aromatic rings. The van der Waals surface area contributed by atoms with Crippen molar-refractivity contribution in [3.05, 3.63) is 30.0 Å². The van der Waals surface area contributed by atoms with Gasteiger partial charge in [-0.05, 0) is 27.7 Å². The topological polar surface area (TPSA) is 55.6 Å². The van der Waals surface area contributed by atoms with Gasteiger partial charge in [0.15, 0.2) is 0 Å². The van der Waals surface area contributed by atoms with Gasteiger partial charge in [-0.25, -0.2) is 4.98 Å². The summed E-state index contributed by atoms with van der Waals surface area (Å²) in [5.74, 6) is 0.747. The third-order valence-corrected chi connectivity index (χ3v) is 2.60. The van der Waals surface area contributed by atoms with E-state index in [1.165, 1.54) is 0 Å². The Morgan fingerprint density at radius 2 is 1.94 bits per heavy atom. The van der Waals surface area contributed by atoms with E-state index in [0.717, 1.165) is 22.9 Å². The Balaban J connectivity index is 2.16. The standard InChI is InChI=1S/C12H17N5/c1-8(2)17-7-11(5-14-17)16-12-6-13-9(3)10(4)15-12/h5-8H,1-4H3,(H,15,16). The average Bonchev–Trinajstić information content (AvgIpc) is 2.72. The van der Waals surface area contributed by atoms with Crippen molar-refractivity contribution in [2.24, 2.45) is 0 Å². The van der Waals surface area contributed by atoms with Gasteiger partial charge in [0.1, 0.15) is 5.82 Å². The summed E-state index contributed by atoms with van der Waals surface area (Å²) in [5.41, 5.74) is 2.82. The molecule has 5 heteroatoms. The summed E-state index contributed by atoms with van der Waals surface area (Å²) in [6, 6.07) is 0.358. The lowest BCUT2D eigenvalue weighted by molar-refractivity contribution is 0.532. The van der Waals surface area contributed by atoms with Crippen LogP contribution in [0.5, 0.6) is 0 Å². The highest BCUT2D eigenvalue weighted by molar-refractivity contribution is 5.53. The molecule has 0 saturated carbocycles. The smallest absolute Gasteiger partial charge is 0.149 e. The lowest BCUT2D eigenvalue weighted by Crippen LogP contribution is -2.00. The third kappa shape index (κ3) is 2.61. The third-order valence-electron chi connectivity index (χ3n) is 2.60. The Morgan fingerprint density at radius 3 is 2.53 bits per heavy atom. The van der Waals surface area contributed by atoms with Gasteiger partial charge >= 0.3 is 0 Å². The van der Waals surface area contributed by atoms with E-state index in [0.29, 0.717) is 6.04 Å². The van der Waals surface area contributed by atoms with E-state index in [1.807, 2.05) is 24.7 Å². The number of rotatable bonds is 3. The van der Waals surface area contributed by atoms with E-state index in [4.69, 9.17) is 0 Å². The van der Waals surface area contributed by atoms with Gasteiger partial charge in [0.25, 0.3) is 0 Å². The van der Waals surface area contributed by atoms with Crippen LogP contribution in [0.2, 0.25) is 0 Å². The zero-order valence-corrected chi connectivity index (χ0v) is 10.6. The maximum absolute atomic E-state index is 4.41. The minimum atomic E-state index is 0.358. The second kappa shape index (κ2) is 4.53. The number of hydrogen-bond acceptors (Lipinski definition) is 4. The summed E-state index contributed by atoms with van der Waals surface area (Å²) in [5, 5.41) is 7.45. The first-order chi connectivity index (χ1) is 8.06. The first-order valence-corrected chi connectivity index (χ1v) is 5.67. The van der Waals surface area contributed by atoms with Crippen LogP contribution in [0, 0.1) is 13.8 Å². The maximum Gasteiger partial charge on any atom is 0.149 e. The van der Waals surface area contributed by atoms with Crippen LogP contribution in [0.4, 0.5) is 11.5 Å². The van der Waals surface area contributed by atoms with Crippen LogP contribution >= 0.6 is 0 Å². The summed E-state index contributed by atoms with van der Waals surface area (Å²) < 4.78 is 1.90. The molecule has 0 amide bonds. The number of nitrogens with zero attached hydrogens (tertiary/aromatic N) is 4. The van der Waals surface area contributed by atoms with Gasteiger partial charge in [0.2, 0.25) is 0 Å². The molecule has 0 spiro atoms. The van der Waals surface area contributed by atoms with E-state index in [-0.39, 0.29) is 0 Å². The molecule has 0 saturated heterocycles. The summed E-state index contributed by atoms with van der Waals surface area (Å²) in [7, 11) is 0. The number of aryl methyl sites for hydroxylation is 2. The lowest BCUT2D eigenvalue weighted by atomic mass is 10.3. The van der Waals surface area contributed by atoms with Gasteiger partial charge in [-0.15, -0.1) is 0 Å². The Bertz CT molecular complexity index is 515. The summed E-state index contributed by atoms with van der Waals surface area (Å²) in [6.45, 7) is 8.08. The normalized spacial score (nSPS) is 10.9. The Morgan fingerprint density at radius 1 is 1.18 bits per heavy atom. The molecule has 0 unspecified atom stereocenters. The molecule has 0 aromatic carbocycles. The van der Waals surface area contributed by atoms with Crippen molar-refractivity contribution >= 4 is 11.5 Å². The molecule has 0 aliphatic rings. The van der Waals surface area contributed by atoms with Crippen molar-refractivity contribution in [1.82, 2.24) is 19.7 Å². The van der Waals surface area contributed by atoms with Gasteiger partial charge < -0.3 is 5.32 Å². The van der Waals surface area contributed by atoms with Gasteiger partial charge in [0, 0.05) is 12.2 Å². The maximum atomic E-state index is 4.41. The Hall–Kier alpha value is -1.91. The fourth-order valence-electron chi connectivity index (χ4n) is 1.43.